The maximum absolute atomic E-state index is 10.9. The number of aromatic nitrogens is 3. The van der Waals surface area contributed by atoms with E-state index in [1.807, 2.05) is 12.1 Å². The molecule has 6 nitrogen and oxygen atoms in total. The van der Waals surface area contributed by atoms with Crippen LogP contribution in [0.3, 0.4) is 0 Å². The lowest BCUT2D eigenvalue weighted by molar-refractivity contribution is 0.587. The number of hydrogen-bond donors (Lipinski definition) is 2. The zero-order valence-corrected chi connectivity index (χ0v) is 11.8. The quantitative estimate of drug-likeness (QED) is 0.869. The number of halogens is 1. The number of nitrogens with one attached hydrogen (secondary N) is 2. The summed E-state index contributed by atoms with van der Waals surface area (Å²) in [6, 6.07) is 7.17. The van der Waals surface area contributed by atoms with Crippen LogP contribution in [0.2, 0.25) is 5.02 Å². The summed E-state index contributed by atoms with van der Waals surface area (Å²) < 4.78 is 24.2. The van der Waals surface area contributed by atoms with Gasteiger partial charge in [0.2, 0.25) is 10.0 Å². The van der Waals surface area contributed by atoms with Gasteiger partial charge in [-0.1, -0.05) is 11.6 Å². The molecule has 0 unspecified atom stereocenters. The Bertz CT molecular complexity index is 652. The van der Waals surface area contributed by atoms with Crippen LogP contribution in [0.15, 0.2) is 24.3 Å². The number of H-pyrrole nitrogens is 1. The maximum Gasteiger partial charge on any atom is 0.208 e. The first-order valence-corrected chi connectivity index (χ1v) is 7.83. The van der Waals surface area contributed by atoms with Gasteiger partial charge in [0.1, 0.15) is 5.82 Å². The monoisotopic (exact) mass is 300 g/mol. The van der Waals surface area contributed by atoms with Gasteiger partial charge < -0.3 is 0 Å². The molecule has 0 aliphatic rings. The average Bonchev–Trinajstić information content (AvgIpc) is 2.77. The first kappa shape index (κ1) is 14.0. The average molecular weight is 301 g/mol. The molecule has 0 fully saturated rings. The van der Waals surface area contributed by atoms with E-state index in [-0.39, 0.29) is 6.54 Å². The van der Waals surface area contributed by atoms with Crippen molar-refractivity contribution in [2.75, 3.05) is 12.8 Å². The van der Waals surface area contributed by atoms with Crippen LogP contribution >= 0.6 is 11.6 Å². The van der Waals surface area contributed by atoms with Gasteiger partial charge in [-0.05, 0) is 24.3 Å². The molecule has 0 saturated heterocycles. The van der Waals surface area contributed by atoms with Crippen molar-refractivity contribution in [2.45, 2.75) is 6.42 Å². The maximum atomic E-state index is 10.9. The van der Waals surface area contributed by atoms with E-state index >= 15 is 0 Å². The molecule has 8 heteroatoms. The largest absolute Gasteiger partial charge is 0.263 e. The fourth-order valence-corrected chi connectivity index (χ4v) is 2.09. The summed E-state index contributed by atoms with van der Waals surface area (Å²) >= 11 is 5.80. The third-order valence-corrected chi connectivity index (χ3v) is 3.34. The van der Waals surface area contributed by atoms with Gasteiger partial charge in [0, 0.05) is 23.6 Å². The Morgan fingerprint density at radius 3 is 2.63 bits per heavy atom. The number of nitrogens with zero attached hydrogens (tertiary/aromatic N) is 2. The highest BCUT2D eigenvalue weighted by Gasteiger charge is 2.07. The van der Waals surface area contributed by atoms with Crippen molar-refractivity contribution >= 4 is 21.6 Å². The van der Waals surface area contributed by atoms with Crippen LogP contribution in [0.1, 0.15) is 5.82 Å². The Kier molecular flexibility index (Phi) is 4.18. The standard InChI is InChI=1S/C11H13ClN4O2S/c1-19(17,18)13-7-6-10-14-11(16-15-10)8-2-4-9(12)5-3-8/h2-5,13H,6-7H2,1H3,(H,14,15,16). The number of sulfonamides is 1. The molecule has 1 aromatic carbocycles. The molecular weight excluding hydrogens is 288 g/mol. The van der Waals surface area contributed by atoms with E-state index in [9.17, 15) is 8.42 Å². The highest BCUT2D eigenvalue weighted by Crippen LogP contribution is 2.17. The zero-order valence-electron chi connectivity index (χ0n) is 10.2. The molecule has 2 N–H and O–H groups in total. The lowest BCUT2D eigenvalue weighted by Gasteiger charge is -1.98. The summed E-state index contributed by atoms with van der Waals surface area (Å²) in [7, 11) is -3.17. The Morgan fingerprint density at radius 1 is 1.32 bits per heavy atom. The molecule has 2 rings (SSSR count). The van der Waals surface area contributed by atoms with Crippen LogP contribution in [0.25, 0.3) is 11.4 Å². The number of aromatic amines is 1. The molecule has 19 heavy (non-hydrogen) atoms. The summed E-state index contributed by atoms with van der Waals surface area (Å²) in [4.78, 5) is 4.29. The molecule has 0 atom stereocenters. The number of benzene rings is 1. The van der Waals surface area contributed by atoms with Gasteiger partial charge in [-0.15, -0.1) is 0 Å². The van der Waals surface area contributed by atoms with Crippen LogP contribution < -0.4 is 4.72 Å². The minimum absolute atomic E-state index is 0.286. The molecule has 0 amide bonds. The van der Waals surface area contributed by atoms with Crippen LogP contribution in [0.4, 0.5) is 0 Å². The van der Waals surface area contributed by atoms with Crippen molar-refractivity contribution in [1.29, 1.82) is 0 Å². The lowest BCUT2D eigenvalue weighted by atomic mass is 10.2. The highest BCUT2D eigenvalue weighted by molar-refractivity contribution is 7.88. The first-order chi connectivity index (χ1) is 8.94. The van der Waals surface area contributed by atoms with Gasteiger partial charge in [-0.2, -0.15) is 5.10 Å². The molecule has 1 heterocycles. The number of hydrogen-bond acceptors (Lipinski definition) is 4. The Balaban J connectivity index is 2.01. The lowest BCUT2D eigenvalue weighted by Crippen LogP contribution is -2.24. The SMILES string of the molecule is CS(=O)(=O)NCCc1nc(-c2ccc(Cl)cc2)n[nH]1. The van der Waals surface area contributed by atoms with Crippen molar-refractivity contribution in [2.24, 2.45) is 0 Å². The predicted molar refractivity (Wildman–Crippen MR) is 73.4 cm³/mol. The minimum Gasteiger partial charge on any atom is -0.263 e. The normalized spacial score (nSPS) is 11.7. The molecule has 1 aromatic heterocycles. The van der Waals surface area contributed by atoms with E-state index in [2.05, 4.69) is 19.9 Å². The Hall–Kier alpha value is -1.44. The Morgan fingerprint density at radius 2 is 2.00 bits per heavy atom. The van der Waals surface area contributed by atoms with Crippen LogP contribution in [-0.2, 0) is 16.4 Å². The molecule has 0 radical (unpaired) electrons. The molecule has 102 valence electrons. The van der Waals surface area contributed by atoms with E-state index in [1.54, 1.807) is 12.1 Å². The van der Waals surface area contributed by atoms with Crippen LogP contribution in [0.5, 0.6) is 0 Å². The summed E-state index contributed by atoms with van der Waals surface area (Å²) in [6.07, 6.45) is 1.57. The molecule has 2 aromatic rings. The van der Waals surface area contributed by atoms with Crippen molar-refractivity contribution < 1.29 is 8.42 Å². The minimum atomic E-state index is -3.17. The molecule has 0 bridgehead atoms. The summed E-state index contributed by atoms with van der Waals surface area (Å²) in [5.74, 6) is 1.19. The zero-order chi connectivity index (χ0) is 13.9. The summed E-state index contributed by atoms with van der Waals surface area (Å²) in [5, 5.41) is 7.50. The van der Waals surface area contributed by atoms with Crippen molar-refractivity contribution in [3.05, 3.63) is 35.1 Å². The van der Waals surface area contributed by atoms with E-state index < -0.39 is 10.0 Å². The summed E-state index contributed by atoms with van der Waals surface area (Å²) in [6.45, 7) is 0.286. The molecule has 0 saturated carbocycles. The number of rotatable bonds is 5. The topological polar surface area (TPSA) is 87.7 Å². The van der Waals surface area contributed by atoms with Crippen molar-refractivity contribution in [3.63, 3.8) is 0 Å². The second-order valence-electron chi connectivity index (χ2n) is 4.03. The molecule has 0 aliphatic carbocycles. The van der Waals surface area contributed by atoms with Gasteiger partial charge in [-0.25, -0.2) is 18.1 Å². The molecule has 0 spiro atoms. The van der Waals surface area contributed by atoms with Gasteiger partial charge in [-0.3, -0.25) is 5.10 Å². The van der Waals surface area contributed by atoms with Gasteiger partial charge in [0.15, 0.2) is 5.82 Å². The highest BCUT2D eigenvalue weighted by atomic mass is 35.5. The molecule has 0 aliphatic heterocycles. The van der Waals surface area contributed by atoms with Gasteiger partial charge in [0.25, 0.3) is 0 Å². The predicted octanol–water partition coefficient (Wildman–Crippen LogP) is 1.22. The third-order valence-electron chi connectivity index (χ3n) is 2.36. The first-order valence-electron chi connectivity index (χ1n) is 5.56. The molecular formula is C11H13ClN4O2S. The van der Waals surface area contributed by atoms with E-state index in [4.69, 9.17) is 11.6 Å². The Labute approximate surface area is 116 Å². The third kappa shape index (κ3) is 4.30. The summed E-state index contributed by atoms with van der Waals surface area (Å²) in [5.41, 5.74) is 0.850. The van der Waals surface area contributed by atoms with Crippen molar-refractivity contribution in [1.82, 2.24) is 19.9 Å². The van der Waals surface area contributed by atoms with E-state index in [1.165, 1.54) is 0 Å². The van der Waals surface area contributed by atoms with Gasteiger partial charge in [0.05, 0.1) is 6.26 Å². The fourth-order valence-electron chi connectivity index (χ4n) is 1.49. The smallest absolute Gasteiger partial charge is 0.208 e. The van der Waals surface area contributed by atoms with Crippen LogP contribution in [0, 0.1) is 0 Å². The van der Waals surface area contributed by atoms with Crippen LogP contribution in [-0.4, -0.2) is 36.4 Å². The van der Waals surface area contributed by atoms with E-state index in [0.717, 1.165) is 11.8 Å². The van der Waals surface area contributed by atoms with Crippen molar-refractivity contribution in [3.8, 4) is 11.4 Å². The second kappa shape index (κ2) is 5.68. The van der Waals surface area contributed by atoms with E-state index in [0.29, 0.717) is 23.1 Å². The van der Waals surface area contributed by atoms with Gasteiger partial charge >= 0.3 is 0 Å². The second-order valence-corrected chi connectivity index (χ2v) is 6.30. The fraction of sp³-hybridized carbons (Fsp3) is 0.273.